The molecule has 9 nitrogen and oxygen atoms in total. The lowest BCUT2D eigenvalue weighted by molar-refractivity contribution is -0.384. The fraction of sp³-hybridized carbons (Fsp3) is 0.125. The van der Waals surface area contributed by atoms with Crippen LogP contribution in [0.1, 0.15) is 0 Å². The molecular weight excluding hydrogens is 525 g/mol. The lowest BCUT2D eigenvalue weighted by atomic mass is 10.0. The van der Waals surface area contributed by atoms with Crippen LogP contribution in [-0.2, 0) is 0 Å². The highest BCUT2D eigenvalue weighted by Crippen LogP contribution is 2.47. The zero-order chi connectivity index (χ0) is 25.6. The Morgan fingerprint density at radius 3 is 2.25 bits per heavy atom. The summed E-state index contributed by atoms with van der Waals surface area (Å²) in [7, 11) is 3.02. The van der Waals surface area contributed by atoms with Gasteiger partial charge < -0.3 is 9.47 Å². The van der Waals surface area contributed by atoms with E-state index in [1.165, 1.54) is 38.1 Å². The Hall–Kier alpha value is -3.60. The second kappa shape index (κ2) is 9.45. The van der Waals surface area contributed by atoms with Crippen molar-refractivity contribution in [1.82, 2.24) is 19.4 Å². The minimum atomic E-state index is -0.444. The number of aromatic nitrogens is 4. The molecule has 5 aromatic rings. The molecule has 3 heterocycles. The van der Waals surface area contributed by atoms with Crippen LogP contribution in [0.4, 0.5) is 5.69 Å². The molecule has 0 spiro atoms. The van der Waals surface area contributed by atoms with Gasteiger partial charge in [-0.05, 0) is 24.5 Å². The number of halogens is 2. The van der Waals surface area contributed by atoms with Gasteiger partial charge in [0.25, 0.3) is 5.69 Å². The van der Waals surface area contributed by atoms with Crippen LogP contribution in [0, 0.1) is 10.1 Å². The molecule has 0 atom stereocenters. The van der Waals surface area contributed by atoms with Gasteiger partial charge in [-0.3, -0.25) is 14.5 Å². The van der Waals surface area contributed by atoms with E-state index in [1.807, 2.05) is 22.9 Å². The highest BCUT2D eigenvalue weighted by Gasteiger charge is 2.23. The molecule has 2 aromatic carbocycles. The fourth-order valence-electron chi connectivity index (χ4n) is 3.91. The number of rotatable bonds is 6. The monoisotopic (exact) mass is 541 g/mol. The lowest BCUT2D eigenvalue weighted by Crippen LogP contribution is -1.98. The first-order valence-corrected chi connectivity index (χ1v) is 12.4. The first kappa shape index (κ1) is 24.1. The predicted octanol–water partition coefficient (Wildman–Crippen LogP) is 6.57. The van der Waals surface area contributed by atoms with Crippen molar-refractivity contribution in [1.29, 1.82) is 0 Å². The van der Waals surface area contributed by atoms with Crippen molar-refractivity contribution >= 4 is 57.3 Å². The summed E-state index contributed by atoms with van der Waals surface area (Å²) in [5.74, 6) is 0.782. The zero-order valence-electron chi connectivity index (χ0n) is 19.2. The minimum Gasteiger partial charge on any atom is -0.495 e. The van der Waals surface area contributed by atoms with E-state index in [0.29, 0.717) is 60.4 Å². The quantitative estimate of drug-likeness (QED) is 0.103. The largest absolute Gasteiger partial charge is 0.495 e. The van der Waals surface area contributed by atoms with E-state index in [4.69, 9.17) is 37.7 Å². The van der Waals surface area contributed by atoms with E-state index in [2.05, 4.69) is 9.97 Å². The summed E-state index contributed by atoms with van der Waals surface area (Å²) in [6.07, 6.45) is 5.44. The van der Waals surface area contributed by atoms with E-state index in [-0.39, 0.29) is 5.69 Å². The first-order valence-electron chi connectivity index (χ1n) is 10.4. The summed E-state index contributed by atoms with van der Waals surface area (Å²) in [5.41, 5.74) is 3.54. The molecule has 0 aliphatic rings. The van der Waals surface area contributed by atoms with Gasteiger partial charge in [-0.25, -0.2) is 15.0 Å². The Kier molecular flexibility index (Phi) is 6.33. The number of nitrogens with zero attached hydrogens (tertiary/aromatic N) is 5. The number of hydrogen-bond acceptors (Lipinski definition) is 8. The second-order valence-electron chi connectivity index (χ2n) is 7.60. The van der Waals surface area contributed by atoms with Crippen LogP contribution in [0.25, 0.3) is 39.1 Å². The normalized spacial score (nSPS) is 11.2. The molecule has 5 rings (SSSR count). The van der Waals surface area contributed by atoms with Gasteiger partial charge in [0.05, 0.1) is 34.9 Å². The van der Waals surface area contributed by atoms with Gasteiger partial charge in [-0.15, -0.1) is 0 Å². The predicted molar refractivity (Wildman–Crippen MR) is 141 cm³/mol. The highest BCUT2D eigenvalue weighted by molar-refractivity contribution is 7.98. The SMILES string of the molecule is COc1cc(OC)c(Cl)c(-c2cc3cnc(SC)nc3n3cc(-c4ccc([N+](=O)[O-])cc4)nc23)c1Cl. The molecule has 182 valence electrons. The summed E-state index contributed by atoms with van der Waals surface area (Å²) in [6.45, 7) is 0. The van der Waals surface area contributed by atoms with Crippen molar-refractivity contribution in [2.45, 2.75) is 5.16 Å². The average molecular weight is 542 g/mol. The molecule has 0 amide bonds. The van der Waals surface area contributed by atoms with Crippen LogP contribution in [0.15, 0.2) is 53.9 Å². The number of methoxy groups -OCH3 is 2. The Balaban J connectivity index is 1.86. The standard InChI is InChI=1S/C24H17Cl2N5O4S/c1-34-17-9-18(35-2)21(26)19(20(17)25)15-8-13-10-27-24(36-3)29-22(13)30-11-16(28-23(15)30)12-4-6-14(7-5-12)31(32)33/h4-11H,1-3H3. The number of nitro benzene ring substituents is 1. The number of thioether (sulfide) groups is 1. The van der Waals surface area contributed by atoms with Crippen LogP contribution >= 0.6 is 35.0 Å². The van der Waals surface area contributed by atoms with Gasteiger partial charge in [0.15, 0.2) is 5.16 Å². The maximum atomic E-state index is 11.1. The van der Waals surface area contributed by atoms with E-state index < -0.39 is 4.92 Å². The van der Waals surface area contributed by atoms with E-state index in [1.54, 1.807) is 24.4 Å². The third-order valence-corrected chi connectivity index (χ3v) is 6.96. The van der Waals surface area contributed by atoms with Crippen molar-refractivity contribution in [3.8, 4) is 33.9 Å². The molecule has 0 N–H and O–H groups in total. The van der Waals surface area contributed by atoms with Gasteiger partial charge in [0, 0.05) is 52.7 Å². The molecule has 0 bridgehead atoms. The van der Waals surface area contributed by atoms with E-state index >= 15 is 0 Å². The van der Waals surface area contributed by atoms with Crippen molar-refractivity contribution < 1.29 is 14.4 Å². The summed E-state index contributed by atoms with van der Waals surface area (Å²) in [4.78, 5) is 24.6. The smallest absolute Gasteiger partial charge is 0.269 e. The van der Waals surface area contributed by atoms with Crippen molar-refractivity contribution in [2.75, 3.05) is 20.5 Å². The third kappa shape index (κ3) is 3.97. The number of ether oxygens (including phenoxy) is 2. The van der Waals surface area contributed by atoms with Crippen molar-refractivity contribution in [3.63, 3.8) is 0 Å². The topological polar surface area (TPSA) is 105 Å². The van der Waals surface area contributed by atoms with Gasteiger partial charge >= 0.3 is 0 Å². The van der Waals surface area contributed by atoms with Gasteiger partial charge in [0.2, 0.25) is 0 Å². The molecule has 0 fully saturated rings. The summed E-state index contributed by atoms with van der Waals surface area (Å²) >= 11 is 14.9. The molecule has 0 saturated heterocycles. The van der Waals surface area contributed by atoms with Crippen molar-refractivity contribution in [2.24, 2.45) is 0 Å². The van der Waals surface area contributed by atoms with E-state index in [9.17, 15) is 10.1 Å². The highest BCUT2D eigenvalue weighted by atomic mass is 35.5. The molecule has 0 saturated carbocycles. The van der Waals surface area contributed by atoms with Crippen LogP contribution in [-0.4, -0.2) is 44.8 Å². The summed E-state index contributed by atoms with van der Waals surface area (Å²) in [5, 5.41) is 13.0. The number of hydrogen-bond donors (Lipinski definition) is 0. The maximum Gasteiger partial charge on any atom is 0.269 e. The Labute approximate surface area is 219 Å². The molecular formula is C24H17Cl2N5O4S. The molecule has 12 heteroatoms. The zero-order valence-corrected chi connectivity index (χ0v) is 21.5. The molecule has 0 radical (unpaired) electrons. The van der Waals surface area contributed by atoms with Gasteiger partial charge in [-0.1, -0.05) is 35.0 Å². The maximum absolute atomic E-state index is 11.1. The Morgan fingerprint density at radius 2 is 1.67 bits per heavy atom. The minimum absolute atomic E-state index is 0.00644. The van der Waals surface area contributed by atoms with Crippen LogP contribution in [0.2, 0.25) is 10.0 Å². The number of imidazole rings is 1. The molecule has 0 unspecified atom stereocenters. The van der Waals surface area contributed by atoms with Crippen LogP contribution in [0.3, 0.4) is 0 Å². The third-order valence-electron chi connectivity index (χ3n) is 5.65. The number of fused-ring (bicyclic) bond motifs is 3. The number of non-ortho nitro benzene ring substituents is 1. The van der Waals surface area contributed by atoms with Crippen molar-refractivity contribution in [3.05, 3.63) is 69.0 Å². The molecule has 3 aromatic heterocycles. The second-order valence-corrected chi connectivity index (χ2v) is 9.13. The number of benzene rings is 2. The molecule has 0 aliphatic heterocycles. The van der Waals surface area contributed by atoms with Crippen LogP contribution < -0.4 is 9.47 Å². The van der Waals surface area contributed by atoms with Crippen LogP contribution in [0.5, 0.6) is 11.5 Å². The number of pyridine rings is 1. The summed E-state index contributed by atoms with van der Waals surface area (Å²) < 4.78 is 12.8. The first-order chi connectivity index (χ1) is 17.4. The Morgan fingerprint density at radius 1 is 1.00 bits per heavy atom. The summed E-state index contributed by atoms with van der Waals surface area (Å²) in [6, 6.07) is 9.67. The average Bonchev–Trinajstić information content (AvgIpc) is 3.35. The molecule has 36 heavy (non-hydrogen) atoms. The van der Waals surface area contributed by atoms with Gasteiger partial charge in [0.1, 0.15) is 22.8 Å². The number of nitro groups is 1. The lowest BCUT2D eigenvalue weighted by Gasteiger charge is -2.16. The fourth-order valence-corrected chi connectivity index (χ4v) is 4.95. The molecule has 0 aliphatic carbocycles. The Bertz CT molecular complexity index is 1630. The van der Waals surface area contributed by atoms with E-state index in [0.717, 1.165) is 5.39 Å². The van der Waals surface area contributed by atoms with Gasteiger partial charge in [-0.2, -0.15) is 0 Å².